The second kappa shape index (κ2) is 9.71. The lowest BCUT2D eigenvalue weighted by Gasteiger charge is -2.31. The van der Waals surface area contributed by atoms with E-state index in [9.17, 15) is 5.11 Å². The van der Waals surface area contributed by atoms with Crippen molar-refractivity contribution in [3.63, 3.8) is 0 Å². The minimum atomic E-state index is -0.303. The number of benzene rings is 1. The maximum atomic E-state index is 10.1. The van der Waals surface area contributed by atoms with Gasteiger partial charge < -0.3 is 20.1 Å². The summed E-state index contributed by atoms with van der Waals surface area (Å²) >= 11 is 0. The summed E-state index contributed by atoms with van der Waals surface area (Å²) in [5.74, 6) is 1.71. The quantitative estimate of drug-likeness (QED) is 0.723. The van der Waals surface area contributed by atoms with Crippen LogP contribution in [0.4, 0.5) is 0 Å². The van der Waals surface area contributed by atoms with Crippen LogP contribution in [0.25, 0.3) is 6.08 Å². The third-order valence-electron chi connectivity index (χ3n) is 4.42. The van der Waals surface area contributed by atoms with Crippen LogP contribution in [0.2, 0.25) is 0 Å². The fourth-order valence-electron chi connectivity index (χ4n) is 2.93. The number of aliphatic hydroxyl groups excluding tert-OH is 1. The molecule has 1 unspecified atom stereocenters. The molecule has 0 amide bonds. The Morgan fingerprint density at radius 2 is 2.09 bits per heavy atom. The van der Waals surface area contributed by atoms with Crippen molar-refractivity contribution in [3.8, 4) is 5.75 Å². The summed E-state index contributed by atoms with van der Waals surface area (Å²) in [4.78, 5) is 2.37. The van der Waals surface area contributed by atoms with Gasteiger partial charge in [0.1, 0.15) is 5.75 Å². The highest BCUT2D eigenvalue weighted by Gasteiger charge is 2.17. The van der Waals surface area contributed by atoms with E-state index in [1.807, 2.05) is 30.3 Å². The van der Waals surface area contributed by atoms with Crippen LogP contribution < -0.4 is 10.1 Å². The molecule has 1 aromatic rings. The molecule has 4 heteroatoms. The van der Waals surface area contributed by atoms with Gasteiger partial charge in [-0.1, -0.05) is 37.3 Å². The van der Waals surface area contributed by atoms with Crippen LogP contribution in [0.1, 0.15) is 25.3 Å². The summed E-state index contributed by atoms with van der Waals surface area (Å²) in [6, 6.07) is 7.95. The summed E-state index contributed by atoms with van der Waals surface area (Å²) in [5, 5.41) is 13.4. The lowest BCUT2D eigenvalue weighted by Crippen LogP contribution is -2.41. The Kier molecular flexibility index (Phi) is 7.59. The number of piperidine rings is 1. The van der Waals surface area contributed by atoms with Gasteiger partial charge in [-0.3, -0.25) is 0 Å². The van der Waals surface area contributed by atoms with Crippen LogP contribution in [0.15, 0.2) is 30.3 Å². The molecule has 1 atom stereocenters. The summed E-state index contributed by atoms with van der Waals surface area (Å²) in [7, 11) is 1.68. The molecule has 4 nitrogen and oxygen atoms in total. The number of likely N-dealkylation sites (tertiary alicyclic amines) is 1. The Morgan fingerprint density at radius 3 is 2.83 bits per heavy atom. The zero-order valence-corrected chi connectivity index (χ0v) is 14.4. The Bertz CT molecular complexity index is 482. The predicted molar refractivity (Wildman–Crippen MR) is 95.7 cm³/mol. The molecule has 2 rings (SSSR count). The van der Waals surface area contributed by atoms with Gasteiger partial charge in [-0.05, 0) is 37.9 Å². The largest absolute Gasteiger partial charge is 0.496 e. The first kappa shape index (κ1) is 18.0. The third kappa shape index (κ3) is 6.34. The molecule has 0 bridgehead atoms. The maximum Gasteiger partial charge on any atom is 0.126 e. The van der Waals surface area contributed by atoms with Gasteiger partial charge in [-0.25, -0.2) is 0 Å². The molecule has 1 heterocycles. The number of methoxy groups -OCH3 is 1. The molecule has 0 aliphatic carbocycles. The van der Waals surface area contributed by atoms with Crippen LogP contribution >= 0.6 is 0 Å². The Labute approximate surface area is 140 Å². The van der Waals surface area contributed by atoms with Crippen LogP contribution in [-0.4, -0.2) is 55.9 Å². The lowest BCUT2D eigenvalue weighted by molar-refractivity contribution is 0.0915. The van der Waals surface area contributed by atoms with Gasteiger partial charge in [-0.2, -0.15) is 0 Å². The number of ether oxygens (including phenoxy) is 1. The number of nitrogens with one attached hydrogen (secondary N) is 1. The molecule has 2 N–H and O–H groups in total. The zero-order chi connectivity index (χ0) is 16.5. The molecule has 0 radical (unpaired) electrons. The van der Waals surface area contributed by atoms with Crippen molar-refractivity contribution in [3.05, 3.63) is 35.9 Å². The van der Waals surface area contributed by atoms with Gasteiger partial charge in [0.2, 0.25) is 0 Å². The number of aliphatic hydroxyl groups is 1. The first-order chi connectivity index (χ1) is 11.2. The van der Waals surface area contributed by atoms with E-state index in [1.165, 1.54) is 12.8 Å². The van der Waals surface area contributed by atoms with E-state index in [1.54, 1.807) is 7.11 Å². The molecule has 0 aromatic heterocycles. The Hall–Kier alpha value is -1.36. The molecule has 1 saturated heterocycles. The molecular formula is C19H30N2O2. The highest BCUT2D eigenvalue weighted by atomic mass is 16.5. The molecule has 1 aliphatic rings. The molecule has 1 aliphatic heterocycles. The number of hydrogen-bond acceptors (Lipinski definition) is 4. The molecule has 0 spiro atoms. The SMILES string of the molecule is COc1ccccc1C=CCNCC(O)CN1CCC(C)CC1. The van der Waals surface area contributed by atoms with Gasteiger partial charge in [0, 0.05) is 25.2 Å². The van der Waals surface area contributed by atoms with E-state index >= 15 is 0 Å². The van der Waals surface area contributed by atoms with E-state index in [0.717, 1.165) is 43.4 Å². The summed E-state index contributed by atoms with van der Waals surface area (Å²) in [5.41, 5.74) is 1.07. The minimum absolute atomic E-state index is 0.303. The van der Waals surface area contributed by atoms with Crippen molar-refractivity contribution in [1.82, 2.24) is 10.2 Å². The summed E-state index contributed by atoms with van der Waals surface area (Å²) in [6.45, 7) is 6.69. The summed E-state index contributed by atoms with van der Waals surface area (Å²) in [6.07, 6.45) is 6.31. The number of nitrogens with zero attached hydrogens (tertiary/aromatic N) is 1. The number of rotatable bonds is 8. The Morgan fingerprint density at radius 1 is 1.35 bits per heavy atom. The molecule has 23 heavy (non-hydrogen) atoms. The number of para-hydroxylation sites is 1. The van der Waals surface area contributed by atoms with Crippen molar-refractivity contribution < 1.29 is 9.84 Å². The molecule has 0 saturated carbocycles. The zero-order valence-electron chi connectivity index (χ0n) is 14.4. The maximum absolute atomic E-state index is 10.1. The van der Waals surface area contributed by atoms with Crippen LogP contribution in [0.5, 0.6) is 5.75 Å². The summed E-state index contributed by atoms with van der Waals surface area (Å²) < 4.78 is 5.32. The fraction of sp³-hybridized carbons (Fsp3) is 0.579. The molecule has 1 aromatic carbocycles. The first-order valence-corrected chi connectivity index (χ1v) is 8.59. The second-order valence-corrected chi connectivity index (χ2v) is 6.44. The van der Waals surface area contributed by atoms with Gasteiger partial charge in [0.15, 0.2) is 0 Å². The minimum Gasteiger partial charge on any atom is -0.496 e. The van der Waals surface area contributed by atoms with Gasteiger partial charge in [0.25, 0.3) is 0 Å². The van der Waals surface area contributed by atoms with Crippen molar-refractivity contribution >= 4 is 6.08 Å². The van der Waals surface area contributed by atoms with E-state index in [2.05, 4.69) is 23.2 Å². The Balaban J connectivity index is 1.63. The number of hydrogen-bond donors (Lipinski definition) is 2. The average Bonchev–Trinajstić information content (AvgIpc) is 2.57. The van der Waals surface area contributed by atoms with E-state index in [0.29, 0.717) is 6.54 Å². The molecule has 1 fully saturated rings. The lowest BCUT2D eigenvalue weighted by atomic mass is 9.99. The first-order valence-electron chi connectivity index (χ1n) is 8.59. The topological polar surface area (TPSA) is 44.7 Å². The van der Waals surface area contributed by atoms with E-state index in [-0.39, 0.29) is 6.10 Å². The number of β-amino-alcohol motifs (C(OH)–C–C–N with tert-alkyl or cyclic N) is 1. The standard InChI is InChI=1S/C19H30N2O2/c1-16-9-12-21(13-10-16)15-18(22)14-20-11-5-7-17-6-3-4-8-19(17)23-2/h3-8,16,18,20,22H,9-15H2,1-2H3. The highest BCUT2D eigenvalue weighted by molar-refractivity contribution is 5.57. The van der Waals surface area contributed by atoms with Crippen LogP contribution in [0, 0.1) is 5.92 Å². The van der Waals surface area contributed by atoms with E-state index < -0.39 is 0 Å². The average molecular weight is 318 g/mol. The molecule has 128 valence electrons. The van der Waals surface area contributed by atoms with Gasteiger partial charge in [0.05, 0.1) is 13.2 Å². The normalized spacial score (nSPS) is 18.4. The fourth-order valence-corrected chi connectivity index (χ4v) is 2.93. The van der Waals surface area contributed by atoms with Crippen molar-refractivity contribution in [2.75, 3.05) is 39.8 Å². The van der Waals surface area contributed by atoms with Gasteiger partial charge >= 0.3 is 0 Å². The smallest absolute Gasteiger partial charge is 0.126 e. The van der Waals surface area contributed by atoms with E-state index in [4.69, 9.17) is 4.74 Å². The highest BCUT2D eigenvalue weighted by Crippen LogP contribution is 2.18. The van der Waals surface area contributed by atoms with Crippen LogP contribution in [-0.2, 0) is 0 Å². The monoisotopic (exact) mass is 318 g/mol. The van der Waals surface area contributed by atoms with Crippen LogP contribution in [0.3, 0.4) is 0 Å². The molecular weight excluding hydrogens is 288 g/mol. The van der Waals surface area contributed by atoms with Crippen molar-refractivity contribution in [2.24, 2.45) is 5.92 Å². The van der Waals surface area contributed by atoms with Crippen molar-refractivity contribution in [2.45, 2.75) is 25.9 Å². The van der Waals surface area contributed by atoms with Crippen molar-refractivity contribution in [1.29, 1.82) is 0 Å². The van der Waals surface area contributed by atoms with Gasteiger partial charge in [-0.15, -0.1) is 0 Å². The predicted octanol–water partition coefficient (Wildman–Crippen LogP) is 2.39. The second-order valence-electron chi connectivity index (χ2n) is 6.44. The third-order valence-corrected chi connectivity index (χ3v) is 4.42.